The van der Waals surface area contributed by atoms with Gasteiger partial charge in [0.1, 0.15) is 24.0 Å². The zero-order chi connectivity index (χ0) is 24.4. The standard InChI is InChI=1S/C27H28ClF2N3O2/c1-18-19(17-35-21-6-4-20(5-7-21)32-11-13-34-14-12-32)15-31-25-3-2-10-33(27(18)25)16-22-23(29)8-9-24(30)26(22)28/h4-9,15H,2-3,10-14,16-17H2,1H3. The molecule has 1 fully saturated rings. The predicted molar refractivity (Wildman–Crippen MR) is 134 cm³/mol. The molecule has 0 N–H and O–H groups in total. The van der Waals surface area contributed by atoms with Crippen molar-refractivity contribution in [3.05, 3.63) is 81.6 Å². The molecule has 0 unspecified atom stereocenters. The van der Waals surface area contributed by atoms with Crippen molar-refractivity contribution >= 4 is 23.0 Å². The van der Waals surface area contributed by atoms with Crippen LogP contribution < -0.4 is 14.5 Å². The van der Waals surface area contributed by atoms with E-state index < -0.39 is 11.6 Å². The average Bonchev–Trinajstić information content (AvgIpc) is 2.89. The predicted octanol–water partition coefficient (Wildman–Crippen LogP) is 5.69. The lowest BCUT2D eigenvalue weighted by Gasteiger charge is -2.33. The fourth-order valence-electron chi connectivity index (χ4n) is 4.78. The molecule has 5 nitrogen and oxygen atoms in total. The normalized spacial score (nSPS) is 15.8. The molecule has 0 radical (unpaired) electrons. The topological polar surface area (TPSA) is 37.8 Å². The molecule has 0 bridgehead atoms. The van der Waals surface area contributed by atoms with E-state index in [1.54, 1.807) is 0 Å². The Hall–Kier alpha value is -2.90. The van der Waals surface area contributed by atoms with Crippen molar-refractivity contribution in [3.63, 3.8) is 0 Å². The van der Waals surface area contributed by atoms with Gasteiger partial charge in [0, 0.05) is 49.2 Å². The van der Waals surface area contributed by atoms with Gasteiger partial charge < -0.3 is 19.3 Å². The van der Waals surface area contributed by atoms with E-state index >= 15 is 0 Å². The molecule has 2 aromatic carbocycles. The summed E-state index contributed by atoms with van der Waals surface area (Å²) in [5, 5.41) is -0.164. The van der Waals surface area contributed by atoms with Crippen molar-refractivity contribution in [3.8, 4) is 5.75 Å². The van der Waals surface area contributed by atoms with Crippen molar-refractivity contribution in [1.82, 2.24) is 4.98 Å². The van der Waals surface area contributed by atoms with Crippen LogP contribution in [0.2, 0.25) is 5.02 Å². The number of morpholine rings is 1. The molecular weight excluding hydrogens is 472 g/mol. The number of anilines is 2. The molecule has 35 heavy (non-hydrogen) atoms. The Balaban J connectivity index is 1.33. The molecule has 2 aliphatic heterocycles. The van der Waals surface area contributed by atoms with E-state index in [0.29, 0.717) is 6.61 Å². The Kier molecular flexibility index (Phi) is 7.07. The summed E-state index contributed by atoms with van der Waals surface area (Å²) in [7, 11) is 0. The molecule has 3 aromatic rings. The number of hydrogen-bond acceptors (Lipinski definition) is 5. The molecule has 184 valence electrons. The van der Waals surface area contributed by atoms with E-state index in [9.17, 15) is 8.78 Å². The Bertz CT molecular complexity index is 1200. The maximum atomic E-state index is 14.5. The van der Waals surface area contributed by atoms with Gasteiger partial charge in [0.15, 0.2) is 0 Å². The zero-order valence-electron chi connectivity index (χ0n) is 19.7. The number of aryl methyl sites for hydroxylation is 1. The molecular formula is C27H28ClF2N3O2. The number of nitrogens with zero attached hydrogens (tertiary/aromatic N) is 3. The van der Waals surface area contributed by atoms with Crippen LogP contribution in [0.4, 0.5) is 20.2 Å². The summed E-state index contributed by atoms with van der Waals surface area (Å²) in [6.45, 7) is 6.58. The van der Waals surface area contributed by atoms with Crippen molar-refractivity contribution < 1.29 is 18.3 Å². The quantitative estimate of drug-likeness (QED) is 0.407. The molecule has 0 atom stereocenters. The van der Waals surface area contributed by atoms with E-state index in [0.717, 1.165) is 91.8 Å². The van der Waals surface area contributed by atoms with Crippen LogP contribution in [0.1, 0.15) is 28.8 Å². The SMILES string of the molecule is Cc1c(COc2ccc(N3CCOCC3)cc2)cnc2c1N(Cc1c(F)ccc(F)c1Cl)CCC2. The van der Waals surface area contributed by atoms with E-state index in [1.807, 2.05) is 30.2 Å². The van der Waals surface area contributed by atoms with Crippen LogP contribution in [0.15, 0.2) is 42.6 Å². The minimum Gasteiger partial charge on any atom is -0.489 e. The lowest BCUT2D eigenvalue weighted by Crippen LogP contribution is -2.36. The third-order valence-electron chi connectivity index (χ3n) is 6.74. The molecule has 5 rings (SSSR count). The summed E-state index contributed by atoms with van der Waals surface area (Å²) in [6.07, 6.45) is 3.59. The number of hydrogen-bond donors (Lipinski definition) is 0. The number of halogens is 3. The number of aromatic nitrogens is 1. The molecule has 8 heteroatoms. The lowest BCUT2D eigenvalue weighted by atomic mass is 9.99. The first kappa shape index (κ1) is 23.8. The Morgan fingerprint density at radius 3 is 2.54 bits per heavy atom. The van der Waals surface area contributed by atoms with Gasteiger partial charge in [-0.15, -0.1) is 0 Å². The van der Waals surface area contributed by atoms with Crippen LogP contribution in [0.25, 0.3) is 0 Å². The van der Waals surface area contributed by atoms with Gasteiger partial charge in [0.05, 0.1) is 29.6 Å². The third kappa shape index (κ3) is 5.07. The molecule has 1 saturated heterocycles. The highest BCUT2D eigenvalue weighted by Crippen LogP contribution is 2.34. The average molecular weight is 500 g/mol. The van der Waals surface area contributed by atoms with E-state index in [2.05, 4.69) is 22.0 Å². The first-order chi connectivity index (χ1) is 17.0. The van der Waals surface area contributed by atoms with Gasteiger partial charge >= 0.3 is 0 Å². The van der Waals surface area contributed by atoms with Gasteiger partial charge in [0.25, 0.3) is 0 Å². The monoisotopic (exact) mass is 499 g/mol. The molecule has 0 spiro atoms. The summed E-state index contributed by atoms with van der Waals surface area (Å²) in [5.41, 5.74) is 5.23. The maximum Gasteiger partial charge on any atom is 0.142 e. The van der Waals surface area contributed by atoms with Crippen molar-refractivity contribution in [2.45, 2.75) is 32.9 Å². The summed E-state index contributed by atoms with van der Waals surface area (Å²) < 4.78 is 40.0. The maximum absolute atomic E-state index is 14.5. The Labute approximate surface area is 209 Å². The second-order valence-electron chi connectivity index (χ2n) is 8.93. The second-order valence-corrected chi connectivity index (χ2v) is 9.31. The van der Waals surface area contributed by atoms with E-state index in [1.165, 1.54) is 0 Å². The number of rotatable bonds is 6. The highest BCUT2D eigenvalue weighted by molar-refractivity contribution is 6.31. The second kappa shape index (κ2) is 10.4. The molecule has 3 heterocycles. The number of pyridine rings is 1. The fourth-order valence-corrected chi connectivity index (χ4v) is 4.99. The fraction of sp³-hybridized carbons (Fsp3) is 0.370. The smallest absolute Gasteiger partial charge is 0.142 e. The van der Waals surface area contributed by atoms with Crippen LogP contribution in [0.5, 0.6) is 5.75 Å². The van der Waals surface area contributed by atoms with Crippen LogP contribution in [-0.2, 0) is 24.3 Å². The largest absolute Gasteiger partial charge is 0.489 e. The van der Waals surface area contributed by atoms with Gasteiger partial charge in [-0.2, -0.15) is 0 Å². The van der Waals surface area contributed by atoms with Crippen LogP contribution in [-0.4, -0.2) is 37.8 Å². The van der Waals surface area contributed by atoms with Gasteiger partial charge in [-0.05, 0) is 61.7 Å². The minimum absolute atomic E-state index is 0.164. The van der Waals surface area contributed by atoms with Crippen LogP contribution >= 0.6 is 11.6 Å². The van der Waals surface area contributed by atoms with E-state index in [-0.39, 0.29) is 17.1 Å². The number of benzene rings is 2. The first-order valence-electron chi connectivity index (χ1n) is 11.9. The van der Waals surface area contributed by atoms with Crippen LogP contribution in [0, 0.1) is 18.6 Å². The number of ether oxygens (including phenoxy) is 2. The summed E-state index contributed by atoms with van der Waals surface area (Å²) in [6, 6.07) is 10.3. The number of fused-ring (bicyclic) bond motifs is 1. The lowest BCUT2D eigenvalue weighted by molar-refractivity contribution is 0.122. The molecule has 0 amide bonds. The highest BCUT2D eigenvalue weighted by atomic mass is 35.5. The Morgan fingerprint density at radius 2 is 1.77 bits per heavy atom. The van der Waals surface area contributed by atoms with Crippen molar-refractivity contribution in [2.75, 3.05) is 42.6 Å². The van der Waals surface area contributed by atoms with Crippen molar-refractivity contribution in [2.24, 2.45) is 0 Å². The van der Waals surface area contributed by atoms with E-state index in [4.69, 9.17) is 21.1 Å². The first-order valence-corrected chi connectivity index (χ1v) is 12.3. The minimum atomic E-state index is -0.614. The summed E-state index contributed by atoms with van der Waals surface area (Å²) >= 11 is 6.11. The van der Waals surface area contributed by atoms with Gasteiger partial charge in [-0.3, -0.25) is 4.98 Å². The third-order valence-corrected chi connectivity index (χ3v) is 7.15. The van der Waals surface area contributed by atoms with Gasteiger partial charge in [-0.1, -0.05) is 11.6 Å². The van der Waals surface area contributed by atoms with Gasteiger partial charge in [-0.25, -0.2) is 8.78 Å². The van der Waals surface area contributed by atoms with Crippen LogP contribution in [0.3, 0.4) is 0 Å². The highest BCUT2D eigenvalue weighted by Gasteiger charge is 2.24. The van der Waals surface area contributed by atoms with Crippen molar-refractivity contribution in [1.29, 1.82) is 0 Å². The zero-order valence-corrected chi connectivity index (χ0v) is 20.5. The molecule has 0 saturated carbocycles. The molecule has 2 aliphatic rings. The van der Waals surface area contributed by atoms with Gasteiger partial charge in [0.2, 0.25) is 0 Å². The summed E-state index contributed by atoms with van der Waals surface area (Å²) in [5.74, 6) is -0.337. The molecule has 0 aliphatic carbocycles. The Morgan fingerprint density at radius 1 is 1.03 bits per heavy atom. The summed E-state index contributed by atoms with van der Waals surface area (Å²) in [4.78, 5) is 9.03. The molecule has 1 aromatic heterocycles.